The average Bonchev–Trinajstić information content (AvgIpc) is 3.09. The fourth-order valence-electron chi connectivity index (χ4n) is 4.54. The van der Waals surface area contributed by atoms with Gasteiger partial charge in [0.15, 0.2) is 0 Å². The van der Waals surface area contributed by atoms with Crippen molar-refractivity contribution < 1.29 is 9.59 Å². The van der Waals surface area contributed by atoms with Crippen LogP contribution in [-0.2, 0) is 9.59 Å². The van der Waals surface area contributed by atoms with E-state index in [9.17, 15) is 9.59 Å². The number of carbonyl (C=O) groups excluding carboxylic acids is 2. The van der Waals surface area contributed by atoms with Crippen LogP contribution in [0.25, 0.3) is 0 Å². The molecule has 5 heteroatoms. The minimum Gasteiger partial charge on any atom is -0.339 e. The van der Waals surface area contributed by atoms with Gasteiger partial charge in [0.25, 0.3) is 0 Å². The maximum atomic E-state index is 13.0. The van der Waals surface area contributed by atoms with Crippen LogP contribution in [0.5, 0.6) is 0 Å². The molecule has 0 radical (unpaired) electrons. The normalized spacial score (nSPS) is 26.6. The fraction of sp³-hybridized carbons (Fsp3) is 0.600. The summed E-state index contributed by atoms with van der Waals surface area (Å²) < 4.78 is 0. The standard InChI is InChI=1S/C20H29N3O2/c1-12-5-13(2)19(14(3)6-12)23-11-17(8-18(23)24)20(25)22-10-16(9-21)7-15(22)4/h5-6,15-17H,7-11,21H2,1-4H3. The lowest BCUT2D eigenvalue weighted by Gasteiger charge is -2.26. The Labute approximate surface area is 150 Å². The molecule has 0 bridgehead atoms. The van der Waals surface area contributed by atoms with Crippen LogP contribution in [0.15, 0.2) is 12.1 Å². The Balaban J connectivity index is 1.78. The maximum absolute atomic E-state index is 13.0. The largest absolute Gasteiger partial charge is 0.339 e. The Morgan fingerprint density at radius 2 is 1.84 bits per heavy atom. The van der Waals surface area contributed by atoms with Crippen LogP contribution in [0.4, 0.5) is 5.69 Å². The molecule has 0 aliphatic carbocycles. The molecule has 2 aliphatic heterocycles. The molecule has 3 atom stereocenters. The molecule has 1 aromatic carbocycles. The lowest BCUT2D eigenvalue weighted by molar-refractivity contribution is -0.136. The number of benzene rings is 1. The molecule has 25 heavy (non-hydrogen) atoms. The predicted molar refractivity (Wildman–Crippen MR) is 99.4 cm³/mol. The fourth-order valence-corrected chi connectivity index (χ4v) is 4.54. The summed E-state index contributed by atoms with van der Waals surface area (Å²) >= 11 is 0. The third kappa shape index (κ3) is 3.30. The third-order valence-corrected chi connectivity index (χ3v) is 5.66. The summed E-state index contributed by atoms with van der Waals surface area (Å²) in [7, 11) is 0. The van der Waals surface area contributed by atoms with Gasteiger partial charge in [-0.15, -0.1) is 0 Å². The van der Waals surface area contributed by atoms with Crippen LogP contribution in [0.2, 0.25) is 0 Å². The van der Waals surface area contributed by atoms with E-state index in [-0.39, 0.29) is 23.8 Å². The van der Waals surface area contributed by atoms with Gasteiger partial charge in [0.1, 0.15) is 0 Å². The van der Waals surface area contributed by atoms with E-state index in [4.69, 9.17) is 5.73 Å². The molecule has 3 rings (SSSR count). The maximum Gasteiger partial charge on any atom is 0.228 e. The van der Waals surface area contributed by atoms with Crippen LogP contribution in [-0.4, -0.2) is 42.4 Å². The first kappa shape index (κ1) is 17.9. The van der Waals surface area contributed by atoms with E-state index < -0.39 is 0 Å². The van der Waals surface area contributed by atoms with Crippen LogP contribution >= 0.6 is 0 Å². The molecule has 0 aromatic heterocycles. The second-order valence-corrected chi connectivity index (χ2v) is 7.83. The zero-order valence-corrected chi connectivity index (χ0v) is 15.7. The van der Waals surface area contributed by atoms with Crippen LogP contribution in [0.1, 0.15) is 36.5 Å². The number of aryl methyl sites for hydroxylation is 3. The Hall–Kier alpha value is -1.88. The highest BCUT2D eigenvalue weighted by Crippen LogP contribution is 2.33. The van der Waals surface area contributed by atoms with Crippen LogP contribution in [0.3, 0.4) is 0 Å². The molecule has 0 saturated carbocycles. The van der Waals surface area contributed by atoms with E-state index >= 15 is 0 Å². The molecule has 2 saturated heterocycles. The van der Waals surface area contributed by atoms with Crippen molar-refractivity contribution in [1.82, 2.24) is 4.90 Å². The lowest BCUT2D eigenvalue weighted by atomic mass is 10.0. The van der Waals surface area contributed by atoms with Crippen molar-refractivity contribution in [3.63, 3.8) is 0 Å². The molecule has 5 nitrogen and oxygen atoms in total. The summed E-state index contributed by atoms with van der Waals surface area (Å²) in [6, 6.07) is 4.41. The van der Waals surface area contributed by atoms with Gasteiger partial charge in [-0.1, -0.05) is 17.7 Å². The first-order valence-electron chi connectivity index (χ1n) is 9.20. The molecule has 2 aliphatic rings. The van der Waals surface area contributed by atoms with Crippen molar-refractivity contribution in [3.05, 3.63) is 28.8 Å². The van der Waals surface area contributed by atoms with E-state index in [1.54, 1.807) is 0 Å². The number of amides is 2. The smallest absolute Gasteiger partial charge is 0.228 e. The molecular weight excluding hydrogens is 314 g/mol. The van der Waals surface area contributed by atoms with Gasteiger partial charge in [-0.2, -0.15) is 0 Å². The van der Waals surface area contributed by atoms with Gasteiger partial charge in [0, 0.05) is 31.2 Å². The number of anilines is 1. The van der Waals surface area contributed by atoms with Gasteiger partial charge in [-0.05, 0) is 57.7 Å². The number of rotatable bonds is 3. The van der Waals surface area contributed by atoms with Gasteiger partial charge < -0.3 is 15.5 Å². The molecule has 1 aromatic rings. The second kappa shape index (κ2) is 6.79. The first-order chi connectivity index (χ1) is 11.8. The zero-order chi connectivity index (χ0) is 18.3. The Morgan fingerprint density at radius 1 is 1.20 bits per heavy atom. The van der Waals surface area contributed by atoms with Gasteiger partial charge >= 0.3 is 0 Å². The van der Waals surface area contributed by atoms with Crippen LogP contribution in [0, 0.1) is 32.6 Å². The number of hydrogen-bond acceptors (Lipinski definition) is 3. The van der Waals surface area contributed by atoms with Crippen molar-refractivity contribution in [2.75, 3.05) is 24.5 Å². The van der Waals surface area contributed by atoms with Crippen molar-refractivity contribution >= 4 is 17.5 Å². The molecular formula is C20H29N3O2. The van der Waals surface area contributed by atoms with E-state index in [0.717, 1.165) is 29.8 Å². The van der Waals surface area contributed by atoms with Gasteiger partial charge in [0.2, 0.25) is 11.8 Å². The van der Waals surface area contributed by atoms with E-state index in [0.29, 0.717) is 25.4 Å². The summed E-state index contributed by atoms with van der Waals surface area (Å²) in [5, 5.41) is 0. The first-order valence-corrected chi connectivity index (χ1v) is 9.20. The second-order valence-electron chi connectivity index (χ2n) is 7.83. The van der Waals surface area contributed by atoms with E-state index in [1.165, 1.54) is 5.56 Å². The average molecular weight is 343 g/mol. The molecule has 136 valence electrons. The monoisotopic (exact) mass is 343 g/mol. The van der Waals surface area contributed by atoms with E-state index in [1.807, 2.05) is 23.6 Å². The van der Waals surface area contributed by atoms with Crippen molar-refractivity contribution in [2.24, 2.45) is 17.6 Å². The highest BCUT2D eigenvalue weighted by atomic mass is 16.2. The highest BCUT2D eigenvalue weighted by molar-refractivity contribution is 6.01. The van der Waals surface area contributed by atoms with Crippen molar-refractivity contribution in [1.29, 1.82) is 0 Å². The van der Waals surface area contributed by atoms with Gasteiger partial charge in [-0.3, -0.25) is 9.59 Å². The summed E-state index contributed by atoms with van der Waals surface area (Å²) in [5.41, 5.74) is 10.1. The van der Waals surface area contributed by atoms with Gasteiger partial charge in [0.05, 0.1) is 5.92 Å². The zero-order valence-electron chi connectivity index (χ0n) is 15.7. The molecule has 3 unspecified atom stereocenters. The van der Waals surface area contributed by atoms with E-state index in [2.05, 4.69) is 26.0 Å². The van der Waals surface area contributed by atoms with Crippen molar-refractivity contribution in [2.45, 2.75) is 46.6 Å². The molecule has 2 heterocycles. The highest BCUT2D eigenvalue weighted by Gasteiger charge is 2.41. The summed E-state index contributed by atoms with van der Waals surface area (Å²) in [5.74, 6) is 0.303. The van der Waals surface area contributed by atoms with Gasteiger partial charge in [-0.25, -0.2) is 0 Å². The Bertz CT molecular complexity index is 677. The minimum absolute atomic E-state index is 0.0515. The number of likely N-dealkylation sites (tertiary alicyclic amines) is 1. The Morgan fingerprint density at radius 3 is 2.40 bits per heavy atom. The quantitative estimate of drug-likeness (QED) is 0.914. The molecule has 2 N–H and O–H groups in total. The number of nitrogens with zero attached hydrogens (tertiary/aromatic N) is 2. The predicted octanol–water partition coefficient (Wildman–Crippen LogP) is 2.16. The Kier molecular flexibility index (Phi) is 4.87. The molecule has 0 spiro atoms. The SMILES string of the molecule is Cc1cc(C)c(N2CC(C(=O)N3CC(CN)CC3C)CC2=O)c(C)c1. The minimum atomic E-state index is -0.244. The number of nitrogens with two attached hydrogens (primary N) is 1. The number of hydrogen-bond donors (Lipinski definition) is 1. The third-order valence-electron chi connectivity index (χ3n) is 5.66. The summed E-state index contributed by atoms with van der Waals surface area (Å²) in [6.45, 7) is 10.0. The molecule has 2 amide bonds. The summed E-state index contributed by atoms with van der Waals surface area (Å²) in [4.78, 5) is 29.4. The van der Waals surface area contributed by atoms with Crippen LogP contribution < -0.4 is 10.6 Å². The molecule has 2 fully saturated rings. The van der Waals surface area contributed by atoms with Crippen molar-refractivity contribution in [3.8, 4) is 0 Å². The number of carbonyl (C=O) groups is 2. The lowest BCUT2D eigenvalue weighted by Crippen LogP contribution is -2.40. The topological polar surface area (TPSA) is 66.6 Å². The summed E-state index contributed by atoms with van der Waals surface area (Å²) in [6.07, 6.45) is 1.27.